The van der Waals surface area contributed by atoms with Crippen LogP contribution in [0.3, 0.4) is 0 Å². The first-order chi connectivity index (χ1) is 11.3. The smallest absolute Gasteiger partial charge is 0.191 e. The van der Waals surface area contributed by atoms with Crippen molar-refractivity contribution in [1.29, 1.82) is 0 Å². The number of nitrogens with zero attached hydrogens (tertiary/aromatic N) is 2. The first-order valence-electron chi connectivity index (χ1n) is 9.58. The second-order valence-electron chi connectivity index (χ2n) is 6.49. The van der Waals surface area contributed by atoms with Gasteiger partial charge in [-0.25, -0.2) is 0 Å². The maximum atomic E-state index is 5.34. The summed E-state index contributed by atoms with van der Waals surface area (Å²) in [5, 5.41) is 6.74. The molecule has 1 aliphatic rings. The van der Waals surface area contributed by atoms with Gasteiger partial charge in [0, 0.05) is 39.4 Å². The van der Waals surface area contributed by atoms with E-state index in [1.54, 1.807) is 0 Å². The fourth-order valence-corrected chi connectivity index (χ4v) is 3.00. The third-order valence-electron chi connectivity index (χ3n) is 4.20. The minimum absolute atomic E-state index is 0. The normalized spacial score (nSPS) is 19.0. The van der Waals surface area contributed by atoms with Crippen molar-refractivity contribution in [2.24, 2.45) is 10.9 Å². The molecular weight excluding hydrogens is 415 g/mol. The van der Waals surface area contributed by atoms with Crippen molar-refractivity contribution in [2.75, 3.05) is 52.5 Å². The Morgan fingerprint density at radius 1 is 1.21 bits per heavy atom. The third kappa shape index (κ3) is 12.3. The molecule has 0 aromatic heterocycles. The highest BCUT2D eigenvalue weighted by atomic mass is 127. The molecule has 1 rings (SSSR count). The van der Waals surface area contributed by atoms with Gasteiger partial charge in [0.25, 0.3) is 0 Å². The fraction of sp³-hybridized carbons (Fsp3) is 0.944. The van der Waals surface area contributed by atoms with Crippen molar-refractivity contribution in [3.63, 3.8) is 0 Å². The molecule has 1 saturated heterocycles. The molecule has 0 saturated carbocycles. The van der Waals surface area contributed by atoms with Crippen LogP contribution < -0.4 is 10.6 Å². The Morgan fingerprint density at radius 3 is 2.75 bits per heavy atom. The van der Waals surface area contributed by atoms with Gasteiger partial charge in [0.05, 0.1) is 0 Å². The highest BCUT2D eigenvalue weighted by Crippen LogP contribution is 2.15. The first-order valence-corrected chi connectivity index (χ1v) is 9.58. The predicted octanol–water partition coefficient (Wildman–Crippen LogP) is 3.10. The van der Waals surface area contributed by atoms with E-state index in [0.717, 1.165) is 51.1 Å². The van der Waals surface area contributed by atoms with Crippen LogP contribution in [0.4, 0.5) is 0 Å². The zero-order valence-electron chi connectivity index (χ0n) is 16.0. The van der Waals surface area contributed by atoms with E-state index < -0.39 is 0 Å². The Labute approximate surface area is 166 Å². The van der Waals surface area contributed by atoms with E-state index in [2.05, 4.69) is 34.4 Å². The average Bonchev–Trinajstić information content (AvgIpc) is 2.54. The topological polar surface area (TPSA) is 48.9 Å². The van der Waals surface area contributed by atoms with Crippen LogP contribution in [0.15, 0.2) is 4.99 Å². The summed E-state index contributed by atoms with van der Waals surface area (Å²) < 4.78 is 5.34. The quantitative estimate of drug-likeness (QED) is 0.218. The van der Waals surface area contributed by atoms with E-state index in [-0.39, 0.29) is 24.0 Å². The zero-order valence-corrected chi connectivity index (χ0v) is 18.3. The van der Waals surface area contributed by atoms with Gasteiger partial charge in [-0.1, -0.05) is 6.92 Å². The minimum Gasteiger partial charge on any atom is -0.382 e. The number of piperidine rings is 1. The molecule has 0 radical (unpaired) electrons. The second kappa shape index (κ2) is 16.4. The van der Waals surface area contributed by atoms with Crippen LogP contribution in [0, 0.1) is 5.92 Å². The number of hydrogen-bond acceptors (Lipinski definition) is 3. The summed E-state index contributed by atoms with van der Waals surface area (Å²) in [6.07, 6.45) is 6.23. The van der Waals surface area contributed by atoms with Gasteiger partial charge in [-0.2, -0.15) is 0 Å². The predicted molar refractivity (Wildman–Crippen MR) is 115 cm³/mol. The lowest BCUT2D eigenvalue weighted by Crippen LogP contribution is -2.38. The van der Waals surface area contributed by atoms with E-state index >= 15 is 0 Å². The lowest BCUT2D eigenvalue weighted by molar-refractivity contribution is 0.146. The summed E-state index contributed by atoms with van der Waals surface area (Å²) in [7, 11) is 0. The van der Waals surface area contributed by atoms with Crippen molar-refractivity contribution in [3.8, 4) is 0 Å². The Bertz CT molecular complexity index is 315. The molecule has 2 N–H and O–H groups in total. The average molecular weight is 454 g/mol. The van der Waals surface area contributed by atoms with Gasteiger partial charge in [-0.15, -0.1) is 24.0 Å². The molecule has 1 heterocycles. The molecule has 0 aromatic carbocycles. The van der Waals surface area contributed by atoms with Gasteiger partial charge < -0.3 is 20.3 Å². The first kappa shape index (κ1) is 23.9. The summed E-state index contributed by atoms with van der Waals surface area (Å²) in [6.45, 7) is 14.6. The van der Waals surface area contributed by atoms with Crippen LogP contribution in [0.2, 0.25) is 0 Å². The van der Waals surface area contributed by atoms with Crippen LogP contribution in [0.5, 0.6) is 0 Å². The Kier molecular flexibility index (Phi) is 16.3. The largest absolute Gasteiger partial charge is 0.382 e. The molecule has 1 aliphatic heterocycles. The molecule has 0 aliphatic carbocycles. The van der Waals surface area contributed by atoms with Gasteiger partial charge in [0.2, 0.25) is 0 Å². The lowest BCUT2D eigenvalue weighted by atomic mass is 10.0. The van der Waals surface area contributed by atoms with Crippen LogP contribution in [-0.2, 0) is 4.74 Å². The molecule has 0 spiro atoms. The van der Waals surface area contributed by atoms with Crippen molar-refractivity contribution in [1.82, 2.24) is 15.5 Å². The monoisotopic (exact) mass is 454 g/mol. The molecule has 144 valence electrons. The summed E-state index contributed by atoms with van der Waals surface area (Å²) >= 11 is 0. The van der Waals surface area contributed by atoms with Crippen molar-refractivity contribution < 1.29 is 4.74 Å². The van der Waals surface area contributed by atoms with Gasteiger partial charge >= 0.3 is 0 Å². The number of aliphatic imine (C=N–C) groups is 1. The Morgan fingerprint density at radius 2 is 2.04 bits per heavy atom. The van der Waals surface area contributed by atoms with Gasteiger partial charge in [-0.05, 0) is 65.0 Å². The van der Waals surface area contributed by atoms with Crippen LogP contribution in [0.1, 0.15) is 52.9 Å². The summed E-state index contributed by atoms with van der Waals surface area (Å²) in [6, 6.07) is 0. The summed E-state index contributed by atoms with van der Waals surface area (Å²) in [5.74, 6) is 1.82. The SMILES string of the molecule is CCNC(=NCCCOCC)NCCCCN1CCCC(C)C1.I. The van der Waals surface area contributed by atoms with Crippen LogP contribution in [-0.4, -0.2) is 63.3 Å². The molecule has 1 atom stereocenters. The molecule has 0 bridgehead atoms. The van der Waals surface area contributed by atoms with Gasteiger partial charge in [0.1, 0.15) is 0 Å². The summed E-state index contributed by atoms with van der Waals surface area (Å²) in [5.41, 5.74) is 0. The highest BCUT2D eigenvalue weighted by molar-refractivity contribution is 14.0. The number of rotatable bonds is 11. The number of hydrogen-bond donors (Lipinski definition) is 2. The number of nitrogens with one attached hydrogen (secondary N) is 2. The molecule has 0 aromatic rings. The molecule has 6 heteroatoms. The van der Waals surface area contributed by atoms with Crippen molar-refractivity contribution in [3.05, 3.63) is 0 Å². The molecule has 24 heavy (non-hydrogen) atoms. The maximum Gasteiger partial charge on any atom is 0.191 e. The maximum absolute atomic E-state index is 5.34. The fourth-order valence-electron chi connectivity index (χ4n) is 3.00. The lowest BCUT2D eigenvalue weighted by Gasteiger charge is -2.30. The van der Waals surface area contributed by atoms with E-state index in [9.17, 15) is 0 Å². The van der Waals surface area contributed by atoms with Gasteiger partial charge in [0.15, 0.2) is 5.96 Å². The molecular formula is C18H39IN4O. The highest BCUT2D eigenvalue weighted by Gasteiger charge is 2.15. The van der Waals surface area contributed by atoms with E-state index in [1.165, 1.54) is 45.3 Å². The Hall–Kier alpha value is -0.0800. The molecule has 5 nitrogen and oxygen atoms in total. The molecule has 0 amide bonds. The van der Waals surface area contributed by atoms with E-state index in [0.29, 0.717) is 0 Å². The second-order valence-corrected chi connectivity index (χ2v) is 6.49. The van der Waals surface area contributed by atoms with E-state index in [4.69, 9.17) is 4.74 Å². The number of halogens is 1. The van der Waals surface area contributed by atoms with Gasteiger partial charge in [-0.3, -0.25) is 4.99 Å². The van der Waals surface area contributed by atoms with E-state index in [1.807, 2.05) is 6.92 Å². The van der Waals surface area contributed by atoms with Crippen LogP contribution in [0.25, 0.3) is 0 Å². The number of ether oxygens (including phenoxy) is 1. The number of likely N-dealkylation sites (tertiary alicyclic amines) is 1. The minimum atomic E-state index is 0. The van der Waals surface area contributed by atoms with Crippen molar-refractivity contribution >= 4 is 29.9 Å². The third-order valence-corrected chi connectivity index (χ3v) is 4.20. The number of unbranched alkanes of at least 4 members (excludes halogenated alkanes) is 1. The summed E-state index contributed by atoms with van der Waals surface area (Å²) in [4.78, 5) is 7.21. The number of guanidine groups is 1. The molecule has 1 unspecified atom stereocenters. The molecule has 1 fully saturated rings. The van der Waals surface area contributed by atoms with Crippen LogP contribution >= 0.6 is 24.0 Å². The Balaban J connectivity index is 0.00000529. The standard InChI is InChI=1S/C18H38N4O.HI/c1-4-19-18(21-12-9-15-23-5-2)20-11-6-7-13-22-14-8-10-17(3)16-22;/h17H,4-16H2,1-3H3,(H2,19,20,21);1H. The van der Waals surface area contributed by atoms with Crippen molar-refractivity contribution in [2.45, 2.75) is 52.9 Å². The zero-order chi connectivity index (χ0) is 16.8.